The number of hydrogen-bond donors (Lipinski definition) is 3. The zero-order valence-corrected chi connectivity index (χ0v) is 28.6. The maximum Gasteiger partial charge on any atom is 0.272 e. The number of halogens is 1. The molecule has 5 aromatic carbocycles. The Bertz CT molecular complexity index is 1970. The van der Waals surface area contributed by atoms with Crippen LogP contribution in [0.2, 0.25) is 5.02 Å². The van der Waals surface area contributed by atoms with Crippen LogP contribution < -0.4 is 25.4 Å². The third-order valence-electron chi connectivity index (χ3n) is 7.49. The van der Waals surface area contributed by atoms with Crippen molar-refractivity contribution in [3.63, 3.8) is 0 Å². The maximum absolute atomic E-state index is 13.7. The molecule has 10 heteroatoms. The zero-order chi connectivity index (χ0) is 34.8. The van der Waals surface area contributed by atoms with Crippen LogP contribution in [0, 0.1) is 6.92 Å². The molecule has 0 saturated heterocycles. The Labute approximate surface area is 294 Å². The molecular weight excluding hydrogens is 658 g/mol. The Kier molecular flexibility index (Phi) is 11.8. The molecule has 0 aliphatic carbocycles. The normalized spacial score (nSPS) is 11.6. The van der Waals surface area contributed by atoms with E-state index in [1.807, 2.05) is 55.5 Å². The standard InChI is InChI=1S/C39H34ClN3O5S/c1-25-31(40)17-11-18-32(25)42-39(46)36(26-12-6-4-7-13-26)49-30-22-20-29(21-23-30)41-38(45)33(43-37(44)27-14-8-5-9-15-27)24-28-16-10-19-34(47-2)35(28)48-3/h4-24,36H,1-3H3,(H,41,45)(H,42,46)(H,43,44)/b33-24-. The third-order valence-corrected chi connectivity index (χ3v) is 9.17. The molecule has 248 valence electrons. The number of methoxy groups -OCH3 is 2. The van der Waals surface area contributed by atoms with Gasteiger partial charge in [0, 0.05) is 32.4 Å². The van der Waals surface area contributed by atoms with Gasteiger partial charge in [0.25, 0.3) is 11.8 Å². The van der Waals surface area contributed by atoms with Crippen molar-refractivity contribution in [2.45, 2.75) is 17.1 Å². The van der Waals surface area contributed by atoms with Gasteiger partial charge >= 0.3 is 0 Å². The Morgan fingerprint density at radius 1 is 0.755 bits per heavy atom. The first-order valence-electron chi connectivity index (χ1n) is 15.3. The molecule has 0 aliphatic rings. The fraction of sp³-hybridized carbons (Fsp3) is 0.103. The molecule has 1 atom stereocenters. The van der Waals surface area contributed by atoms with E-state index >= 15 is 0 Å². The quantitative estimate of drug-likeness (QED) is 0.0895. The van der Waals surface area contributed by atoms with E-state index in [0.717, 1.165) is 16.0 Å². The molecule has 3 N–H and O–H groups in total. The van der Waals surface area contributed by atoms with E-state index in [0.29, 0.717) is 39.0 Å². The summed E-state index contributed by atoms with van der Waals surface area (Å²) in [6, 6.07) is 35.9. The van der Waals surface area contributed by atoms with Crippen LogP contribution in [-0.2, 0) is 9.59 Å². The lowest BCUT2D eigenvalue weighted by atomic mass is 10.1. The summed E-state index contributed by atoms with van der Waals surface area (Å²) in [5, 5.41) is 8.64. The van der Waals surface area contributed by atoms with Gasteiger partial charge in [-0.25, -0.2) is 0 Å². The second-order valence-corrected chi connectivity index (χ2v) is 12.3. The van der Waals surface area contributed by atoms with E-state index in [1.165, 1.54) is 32.1 Å². The van der Waals surface area contributed by atoms with Crippen LogP contribution in [0.3, 0.4) is 0 Å². The van der Waals surface area contributed by atoms with Crippen LogP contribution in [0.4, 0.5) is 11.4 Å². The first kappa shape index (κ1) is 34.8. The summed E-state index contributed by atoms with van der Waals surface area (Å²) in [5.41, 5.74) is 3.67. The second kappa shape index (κ2) is 16.5. The highest BCUT2D eigenvalue weighted by atomic mass is 35.5. The van der Waals surface area contributed by atoms with Gasteiger partial charge in [-0.1, -0.05) is 78.3 Å². The van der Waals surface area contributed by atoms with E-state index in [2.05, 4.69) is 16.0 Å². The van der Waals surface area contributed by atoms with Crippen molar-refractivity contribution in [1.29, 1.82) is 0 Å². The number of nitrogens with one attached hydrogen (secondary N) is 3. The van der Waals surface area contributed by atoms with Crippen molar-refractivity contribution in [3.05, 3.63) is 154 Å². The Hall–Kier alpha value is -5.51. The lowest BCUT2D eigenvalue weighted by Crippen LogP contribution is -2.30. The molecule has 1 unspecified atom stereocenters. The van der Waals surface area contributed by atoms with E-state index in [4.69, 9.17) is 21.1 Å². The monoisotopic (exact) mass is 691 g/mol. The maximum atomic E-state index is 13.7. The van der Waals surface area contributed by atoms with E-state index in [-0.39, 0.29) is 11.6 Å². The van der Waals surface area contributed by atoms with Crippen molar-refractivity contribution < 1.29 is 23.9 Å². The summed E-state index contributed by atoms with van der Waals surface area (Å²) in [6.45, 7) is 1.86. The predicted molar refractivity (Wildman–Crippen MR) is 196 cm³/mol. The van der Waals surface area contributed by atoms with E-state index in [9.17, 15) is 14.4 Å². The summed E-state index contributed by atoms with van der Waals surface area (Å²) < 4.78 is 11.0. The van der Waals surface area contributed by atoms with Gasteiger partial charge in [-0.15, -0.1) is 11.8 Å². The highest BCUT2D eigenvalue weighted by Crippen LogP contribution is 2.37. The number of carbonyl (C=O) groups is 3. The predicted octanol–water partition coefficient (Wildman–Crippen LogP) is 8.55. The van der Waals surface area contributed by atoms with Crippen LogP contribution in [-0.4, -0.2) is 31.9 Å². The van der Waals surface area contributed by atoms with Crippen LogP contribution in [0.15, 0.2) is 132 Å². The van der Waals surface area contributed by atoms with Gasteiger partial charge in [0.05, 0.1) is 14.2 Å². The van der Waals surface area contributed by atoms with Crippen molar-refractivity contribution in [2.75, 3.05) is 24.9 Å². The lowest BCUT2D eigenvalue weighted by molar-refractivity contribution is -0.116. The first-order chi connectivity index (χ1) is 23.8. The van der Waals surface area contributed by atoms with Gasteiger partial charge < -0.3 is 25.4 Å². The molecule has 8 nitrogen and oxygen atoms in total. The SMILES string of the molecule is COc1cccc(/C=C(\NC(=O)c2ccccc2)C(=O)Nc2ccc(SC(C(=O)Nc3cccc(Cl)c3C)c3ccccc3)cc2)c1OC. The molecule has 3 amide bonds. The molecule has 0 heterocycles. The van der Waals surface area contributed by atoms with Crippen LogP contribution in [0.1, 0.15) is 32.3 Å². The highest BCUT2D eigenvalue weighted by molar-refractivity contribution is 8.00. The minimum Gasteiger partial charge on any atom is -0.493 e. The van der Waals surface area contributed by atoms with E-state index < -0.39 is 17.1 Å². The van der Waals surface area contributed by atoms with Crippen LogP contribution in [0.5, 0.6) is 11.5 Å². The number of thioether (sulfide) groups is 1. The number of benzene rings is 5. The molecule has 5 aromatic rings. The van der Waals surface area contributed by atoms with Gasteiger partial charge in [0.1, 0.15) is 10.9 Å². The summed E-state index contributed by atoms with van der Waals surface area (Å²) in [4.78, 5) is 41.2. The van der Waals surface area contributed by atoms with Gasteiger partial charge in [0.2, 0.25) is 5.91 Å². The number of ether oxygens (including phenoxy) is 2. The zero-order valence-electron chi connectivity index (χ0n) is 27.0. The van der Waals surface area contributed by atoms with Gasteiger partial charge in [-0.2, -0.15) is 0 Å². The topological polar surface area (TPSA) is 106 Å². The molecule has 0 aliphatic heterocycles. The minimum absolute atomic E-state index is 0.00372. The van der Waals surface area contributed by atoms with Gasteiger partial charge in [-0.05, 0) is 78.7 Å². The number of anilines is 2. The molecule has 0 spiro atoms. The van der Waals surface area contributed by atoms with Crippen molar-refractivity contribution in [3.8, 4) is 11.5 Å². The molecule has 49 heavy (non-hydrogen) atoms. The number of carbonyl (C=O) groups excluding carboxylic acids is 3. The summed E-state index contributed by atoms with van der Waals surface area (Å²) >= 11 is 7.67. The molecule has 0 bridgehead atoms. The minimum atomic E-state index is -0.569. The third kappa shape index (κ3) is 8.90. The lowest BCUT2D eigenvalue weighted by Gasteiger charge is -2.18. The Morgan fingerprint density at radius 3 is 2.10 bits per heavy atom. The van der Waals surface area contributed by atoms with Crippen molar-refractivity contribution in [2.24, 2.45) is 0 Å². The smallest absolute Gasteiger partial charge is 0.272 e. The molecule has 0 fully saturated rings. The molecule has 0 saturated carbocycles. The molecule has 0 aromatic heterocycles. The number of amides is 3. The van der Waals surface area contributed by atoms with Gasteiger partial charge in [-0.3, -0.25) is 14.4 Å². The largest absolute Gasteiger partial charge is 0.493 e. The average molecular weight is 692 g/mol. The Balaban J connectivity index is 1.37. The Morgan fingerprint density at radius 2 is 1.43 bits per heavy atom. The van der Waals surface area contributed by atoms with Crippen LogP contribution >= 0.6 is 23.4 Å². The average Bonchev–Trinajstić information content (AvgIpc) is 3.13. The second-order valence-electron chi connectivity index (χ2n) is 10.7. The van der Waals surface area contributed by atoms with Crippen LogP contribution in [0.25, 0.3) is 6.08 Å². The van der Waals surface area contributed by atoms with E-state index in [1.54, 1.807) is 72.8 Å². The number of hydrogen-bond acceptors (Lipinski definition) is 6. The van der Waals surface area contributed by atoms with Crippen molar-refractivity contribution in [1.82, 2.24) is 5.32 Å². The summed E-state index contributed by atoms with van der Waals surface area (Å²) in [7, 11) is 3.02. The number of rotatable bonds is 12. The summed E-state index contributed by atoms with van der Waals surface area (Å²) in [5.74, 6) is -0.311. The molecule has 5 rings (SSSR count). The summed E-state index contributed by atoms with van der Waals surface area (Å²) in [6.07, 6.45) is 1.53. The fourth-order valence-electron chi connectivity index (χ4n) is 4.92. The fourth-order valence-corrected chi connectivity index (χ4v) is 6.12. The molecule has 0 radical (unpaired) electrons. The number of para-hydroxylation sites is 1. The van der Waals surface area contributed by atoms with Gasteiger partial charge in [0.15, 0.2) is 11.5 Å². The highest BCUT2D eigenvalue weighted by Gasteiger charge is 2.23. The van der Waals surface area contributed by atoms with Crippen molar-refractivity contribution >= 4 is 58.5 Å². The molecular formula is C39H34ClN3O5S. The first-order valence-corrected chi connectivity index (χ1v) is 16.5.